The quantitative estimate of drug-likeness (QED) is 0.213. The number of nitrogens with one attached hydrogen (secondary N) is 2. The van der Waals surface area contributed by atoms with Gasteiger partial charge in [-0.3, -0.25) is 0 Å². The summed E-state index contributed by atoms with van der Waals surface area (Å²) in [7, 11) is 0. The van der Waals surface area contributed by atoms with Crippen molar-refractivity contribution in [1.82, 2.24) is 15.5 Å². The molecular weight excluding hydrogens is 522 g/mol. The minimum atomic E-state index is -0.414. The molecule has 2 N–H and O–H groups in total. The fraction of sp³-hybridized carbons (Fsp3) is 0.719. The van der Waals surface area contributed by atoms with E-state index in [0.29, 0.717) is 57.3 Å². The number of hydrogen-bond acceptors (Lipinski definition) is 6. The van der Waals surface area contributed by atoms with Gasteiger partial charge in [-0.05, 0) is 62.1 Å². The lowest BCUT2D eigenvalue weighted by Crippen LogP contribution is -2.43. The standard InChI is InChI=1S/C32H51N3O6/c1-2-3-4-10-21-33-30(36)39-25-12-6-5-11-22-34-31(37)40-29-19-23-35(24-20-29)32(38)41-28-17-15-27(16-18-28)26-13-8-7-9-14-26/h15-18,26,29H,2-14,19-25H2,1H3,(H,33,36)(H,34,37). The van der Waals surface area contributed by atoms with Gasteiger partial charge in [0.1, 0.15) is 11.9 Å². The fourth-order valence-corrected chi connectivity index (χ4v) is 5.49. The topological polar surface area (TPSA) is 106 Å². The maximum Gasteiger partial charge on any atom is 0.415 e. The van der Waals surface area contributed by atoms with Gasteiger partial charge in [-0.25, -0.2) is 14.4 Å². The van der Waals surface area contributed by atoms with Gasteiger partial charge < -0.3 is 29.7 Å². The second kappa shape index (κ2) is 19.2. The Balaban J connectivity index is 1.17. The average molecular weight is 574 g/mol. The van der Waals surface area contributed by atoms with Crippen LogP contribution in [0, 0.1) is 0 Å². The molecule has 9 heteroatoms. The number of carbonyl (C=O) groups is 3. The Hall–Kier alpha value is -2.97. The molecule has 230 valence electrons. The van der Waals surface area contributed by atoms with Crippen molar-refractivity contribution in [3.8, 4) is 5.75 Å². The van der Waals surface area contributed by atoms with E-state index in [1.165, 1.54) is 50.5 Å². The fourth-order valence-electron chi connectivity index (χ4n) is 5.49. The number of amides is 3. The zero-order chi connectivity index (χ0) is 29.1. The minimum Gasteiger partial charge on any atom is -0.450 e. The van der Waals surface area contributed by atoms with E-state index in [-0.39, 0.29) is 18.3 Å². The molecule has 1 aliphatic carbocycles. The van der Waals surface area contributed by atoms with Crippen LogP contribution in [0.2, 0.25) is 0 Å². The zero-order valence-corrected chi connectivity index (χ0v) is 25.0. The van der Waals surface area contributed by atoms with Gasteiger partial charge in [0.15, 0.2) is 0 Å². The average Bonchev–Trinajstić information content (AvgIpc) is 2.99. The number of benzene rings is 1. The normalized spacial score (nSPS) is 16.2. The van der Waals surface area contributed by atoms with Crippen LogP contribution in [0.1, 0.15) is 115 Å². The first-order valence-corrected chi connectivity index (χ1v) is 16.0. The van der Waals surface area contributed by atoms with Crippen LogP contribution in [0.4, 0.5) is 14.4 Å². The molecule has 1 saturated carbocycles. The SMILES string of the molecule is CCCCCCNC(=O)OCCCCCCNC(=O)OC1CCN(C(=O)Oc2ccc(C3CCCCC3)cc2)CC1. The van der Waals surface area contributed by atoms with Crippen molar-refractivity contribution in [2.24, 2.45) is 0 Å². The van der Waals surface area contributed by atoms with E-state index in [0.717, 1.165) is 38.5 Å². The predicted octanol–water partition coefficient (Wildman–Crippen LogP) is 7.29. The number of ether oxygens (including phenoxy) is 3. The molecule has 41 heavy (non-hydrogen) atoms. The summed E-state index contributed by atoms with van der Waals surface area (Å²) < 4.78 is 16.3. The van der Waals surface area contributed by atoms with Crippen molar-refractivity contribution in [3.63, 3.8) is 0 Å². The number of likely N-dealkylation sites (tertiary alicyclic amines) is 1. The van der Waals surface area contributed by atoms with Crippen LogP contribution in [0.5, 0.6) is 5.75 Å². The molecule has 0 unspecified atom stereocenters. The van der Waals surface area contributed by atoms with Gasteiger partial charge in [0.05, 0.1) is 6.61 Å². The van der Waals surface area contributed by atoms with Crippen LogP contribution in [0.3, 0.4) is 0 Å². The third-order valence-electron chi connectivity index (χ3n) is 8.01. The number of nitrogens with zero attached hydrogens (tertiary/aromatic N) is 1. The molecule has 0 atom stereocenters. The lowest BCUT2D eigenvalue weighted by atomic mass is 9.84. The molecule has 0 aromatic heterocycles. The summed E-state index contributed by atoms with van der Waals surface area (Å²) in [6.45, 7) is 4.78. The van der Waals surface area contributed by atoms with Gasteiger partial charge in [-0.15, -0.1) is 0 Å². The molecule has 2 fully saturated rings. The van der Waals surface area contributed by atoms with E-state index >= 15 is 0 Å². The summed E-state index contributed by atoms with van der Waals surface area (Å²) in [6.07, 6.45) is 14.3. The summed E-state index contributed by atoms with van der Waals surface area (Å²) in [6, 6.07) is 7.96. The highest BCUT2D eigenvalue weighted by molar-refractivity contribution is 5.71. The number of piperidine rings is 1. The third kappa shape index (κ3) is 13.0. The summed E-state index contributed by atoms with van der Waals surface area (Å²) in [5.74, 6) is 1.19. The number of unbranched alkanes of at least 4 members (excludes halogenated alkanes) is 6. The second-order valence-electron chi connectivity index (χ2n) is 11.3. The van der Waals surface area contributed by atoms with Crippen molar-refractivity contribution in [2.75, 3.05) is 32.8 Å². The van der Waals surface area contributed by atoms with Crippen LogP contribution in [-0.2, 0) is 9.47 Å². The summed E-state index contributed by atoms with van der Waals surface area (Å²) in [4.78, 5) is 38.1. The van der Waals surface area contributed by atoms with Crippen LogP contribution in [-0.4, -0.2) is 62.1 Å². The maximum absolute atomic E-state index is 12.6. The Bertz CT molecular complexity index is 895. The molecule has 1 saturated heterocycles. The Morgan fingerprint density at radius 3 is 2.10 bits per heavy atom. The lowest BCUT2D eigenvalue weighted by Gasteiger charge is -2.30. The third-order valence-corrected chi connectivity index (χ3v) is 8.01. The smallest absolute Gasteiger partial charge is 0.415 e. The van der Waals surface area contributed by atoms with Gasteiger partial charge in [0.2, 0.25) is 0 Å². The Morgan fingerprint density at radius 1 is 0.780 bits per heavy atom. The van der Waals surface area contributed by atoms with Crippen LogP contribution >= 0.6 is 0 Å². The Labute approximate surface area is 246 Å². The van der Waals surface area contributed by atoms with Crippen molar-refractivity contribution in [3.05, 3.63) is 29.8 Å². The summed E-state index contributed by atoms with van der Waals surface area (Å²) >= 11 is 0. The predicted molar refractivity (Wildman–Crippen MR) is 159 cm³/mol. The van der Waals surface area contributed by atoms with E-state index < -0.39 is 6.09 Å². The highest BCUT2D eigenvalue weighted by Gasteiger charge is 2.26. The number of rotatable bonds is 15. The minimum absolute atomic E-state index is 0.205. The van der Waals surface area contributed by atoms with E-state index in [9.17, 15) is 14.4 Å². The first-order valence-electron chi connectivity index (χ1n) is 16.0. The van der Waals surface area contributed by atoms with Crippen molar-refractivity contribution in [2.45, 2.75) is 115 Å². The maximum atomic E-state index is 12.6. The lowest BCUT2D eigenvalue weighted by molar-refractivity contribution is 0.0525. The molecule has 1 aromatic carbocycles. The first kappa shape index (κ1) is 32.5. The summed E-state index contributed by atoms with van der Waals surface area (Å²) in [5.41, 5.74) is 1.33. The highest BCUT2D eigenvalue weighted by atomic mass is 16.6. The molecule has 1 aromatic rings. The first-order chi connectivity index (χ1) is 20.0. The van der Waals surface area contributed by atoms with E-state index in [4.69, 9.17) is 14.2 Å². The van der Waals surface area contributed by atoms with Crippen molar-refractivity contribution in [1.29, 1.82) is 0 Å². The van der Waals surface area contributed by atoms with Crippen LogP contribution < -0.4 is 15.4 Å². The number of carbonyl (C=O) groups excluding carboxylic acids is 3. The zero-order valence-electron chi connectivity index (χ0n) is 25.0. The monoisotopic (exact) mass is 573 g/mol. The molecule has 3 amide bonds. The van der Waals surface area contributed by atoms with Crippen molar-refractivity contribution < 1.29 is 28.6 Å². The van der Waals surface area contributed by atoms with E-state index in [2.05, 4.69) is 29.7 Å². The molecule has 0 spiro atoms. The molecular formula is C32H51N3O6. The van der Waals surface area contributed by atoms with Gasteiger partial charge in [-0.1, -0.05) is 64.0 Å². The molecule has 1 aliphatic heterocycles. The van der Waals surface area contributed by atoms with Crippen molar-refractivity contribution >= 4 is 18.3 Å². The molecule has 1 heterocycles. The molecule has 3 rings (SSSR count). The molecule has 0 bridgehead atoms. The number of hydrogen-bond donors (Lipinski definition) is 2. The van der Waals surface area contributed by atoms with Gasteiger partial charge in [0, 0.05) is 39.0 Å². The molecule has 2 aliphatic rings. The highest BCUT2D eigenvalue weighted by Crippen LogP contribution is 2.33. The Morgan fingerprint density at radius 2 is 1.41 bits per heavy atom. The Kier molecular flexibility index (Phi) is 15.2. The van der Waals surface area contributed by atoms with Crippen LogP contribution in [0.15, 0.2) is 24.3 Å². The van der Waals surface area contributed by atoms with E-state index in [1.807, 2.05) is 12.1 Å². The summed E-state index contributed by atoms with van der Waals surface area (Å²) in [5, 5.41) is 5.59. The number of alkyl carbamates (subject to hydrolysis) is 2. The van der Waals surface area contributed by atoms with Crippen LogP contribution in [0.25, 0.3) is 0 Å². The van der Waals surface area contributed by atoms with Gasteiger partial charge in [0.25, 0.3) is 0 Å². The second-order valence-corrected chi connectivity index (χ2v) is 11.3. The molecule has 9 nitrogen and oxygen atoms in total. The largest absolute Gasteiger partial charge is 0.450 e. The van der Waals surface area contributed by atoms with Gasteiger partial charge >= 0.3 is 18.3 Å². The van der Waals surface area contributed by atoms with E-state index in [1.54, 1.807) is 4.90 Å². The van der Waals surface area contributed by atoms with Gasteiger partial charge in [-0.2, -0.15) is 0 Å². The molecule has 0 radical (unpaired) electrons.